The van der Waals surface area contributed by atoms with Crippen molar-refractivity contribution in [1.82, 2.24) is 5.32 Å². The highest BCUT2D eigenvalue weighted by Gasteiger charge is 1.84. The summed E-state index contributed by atoms with van der Waals surface area (Å²) in [5.74, 6) is -0.840. The highest BCUT2D eigenvalue weighted by atomic mass is 16.3. The number of amides is 2. The molecular formula is C7H12N2O3. The second kappa shape index (κ2) is 9.38. The number of nitrogens with one attached hydrogen (secondary N) is 1. The Morgan fingerprint density at radius 3 is 1.92 bits per heavy atom. The molecule has 4 N–H and O–H groups in total. The number of aliphatic hydroxyl groups is 1. The molecular weight excluding hydrogens is 160 g/mol. The van der Waals surface area contributed by atoms with Crippen molar-refractivity contribution in [2.45, 2.75) is 0 Å². The molecule has 0 atom stereocenters. The van der Waals surface area contributed by atoms with Gasteiger partial charge in [0.2, 0.25) is 11.8 Å². The Hall–Kier alpha value is -1.62. The molecule has 0 bridgehead atoms. The van der Waals surface area contributed by atoms with Crippen molar-refractivity contribution >= 4 is 11.8 Å². The number of aliphatic hydroxyl groups excluding tert-OH is 1. The average Bonchev–Trinajstić information content (AvgIpc) is 2.06. The van der Waals surface area contributed by atoms with Crippen LogP contribution in [0.15, 0.2) is 25.3 Å². The topological polar surface area (TPSA) is 92.4 Å². The Labute approximate surface area is 70.6 Å². The highest BCUT2D eigenvalue weighted by molar-refractivity contribution is 5.86. The predicted octanol–water partition coefficient (Wildman–Crippen LogP) is -1.10. The second-order valence-corrected chi connectivity index (χ2v) is 1.51. The van der Waals surface area contributed by atoms with Crippen LogP contribution in [0.25, 0.3) is 0 Å². The van der Waals surface area contributed by atoms with E-state index < -0.39 is 5.91 Å². The largest absolute Gasteiger partial charge is 0.376 e. The lowest BCUT2D eigenvalue weighted by molar-refractivity contribution is -0.117. The van der Waals surface area contributed by atoms with Crippen LogP contribution in [-0.2, 0) is 9.59 Å². The van der Waals surface area contributed by atoms with Gasteiger partial charge in [-0.25, -0.2) is 0 Å². The smallest absolute Gasteiger partial charge is 0.245 e. The molecule has 68 valence electrons. The van der Waals surface area contributed by atoms with Crippen molar-refractivity contribution in [2.24, 2.45) is 5.73 Å². The Morgan fingerprint density at radius 2 is 1.83 bits per heavy atom. The van der Waals surface area contributed by atoms with Gasteiger partial charge in [-0.3, -0.25) is 9.59 Å². The lowest BCUT2D eigenvalue weighted by Gasteiger charge is -1.89. The zero-order valence-electron chi connectivity index (χ0n) is 6.62. The van der Waals surface area contributed by atoms with Gasteiger partial charge >= 0.3 is 0 Å². The third-order valence-electron chi connectivity index (χ3n) is 0.640. The second-order valence-electron chi connectivity index (χ2n) is 1.51. The van der Waals surface area contributed by atoms with Crippen LogP contribution in [0.4, 0.5) is 0 Å². The van der Waals surface area contributed by atoms with Crippen LogP contribution >= 0.6 is 0 Å². The van der Waals surface area contributed by atoms with E-state index in [0.717, 1.165) is 12.2 Å². The SMILES string of the molecule is C=CC(=O)NCO.C=CC(N)=O. The van der Waals surface area contributed by atoms with Gasteiger partial charge in [-0.1, -0.05) is 13.2 Å². The molecule has 5 heteroatoms. The molecule has 0 aliphatic carbocycles. The number of carbonyl (C=O) groups excluding carboxylic acids is 2. The molecule has 0 aromatic heterocycles. The van der Waals surface area contributed by atoms with Crippen LogP contribution in [0, 0.1) is 0 Å². The lowest BCUT2D eigenvalue weighted by atomic mass is 10.6. The fourth-order valence-electron chi connectivity index (χ4n) is 0.150. The Morgan fingerprint density at radius 1 is 1.42 bits per heavy atom. The van der Waals surface area contributed by atoms with Crippen LogP contribution in [0.3, 0.4) is 0 Å². The number of hydrogen-bond donors (Lipinski definition) is 3. The van der Waals surface area contributed by atoms with Gasteiger partial charge in [-0.15, -0.1) is 0 Å². The minimum atomic E-state index is -0.481. The van der Waals surface area contributed by atoms with Crippen molar-refractivity contribution in [3.8, 4) is 0 Å². The molecule has 2 amide bonds. The quantitative estimate of drug-likeness (QED) is 0.372. The average molecular weight is 172 g/mol. The predicted molar refractivity (Wildman–Crippen MR) is 44.8 cm³/mol. The van der Waals surface area contributed by atoms with Crippen LogP contribution in [0.2, 0.25) is 0 Å². The molecule has 5 nitrogen and oxygen atoms in total. The standard InChI is InChI=1S/C4H7NO2.C3H5NO/c1-2-4(7)5-3-6;1-2-3(4)5/h2,6H,1,3H2,(H,5,7);2H,1H2,(H2,4,5). The minimum absolute atomic E-state index is 0.329. The normalized spacial score (nSPS) is 7.08. The maximum Gasteiger partial charge on any atom is 0.245 e. The molecule has 0 heterocycles. The molecule has 0 aliphatic rings. The van der Waals surface area contributed by atoms with E-state index in [-0.39, 0.29) is 12.6 Å². The van der Waals surface area contributed by atoms with Crippen LogP contribution in [0.1, 0.15) is 0 Å². The zero-order chi connectivity index (χ0) is 9.98. The number of hydrogen-bond acceptors (Lipinski definition) is 3. The van der Waals surface area contributed by atoms with E-state index >= 15 is 0 Å². The van der Waals surface area contributed by atoms with Gasteiger partial charge in [0.1, 0.15) is 6.73 Å². The molecule has 0 saturated heterocycles. The molecule has 0 fully saturated rings. The number of carbonyl (C=O) groups is 2. The molecule has 0 aromatic rings. The minimum Gasteiger partial charge on any atom is -0.376 e. The first kappa shape index (κ1) is 13.0. The summed E-state index contributed by atoms with van der Waals surface area (Å²) in [4.78, 5) is 19.5. The van der Waals surface area contributed by atoms with Crippen molar-refractivity contribution < 1.29 is 14.7 Å². The van der Waals surface area contributed by atoms with Crippen molar-refractivity contribution in [1.29, 1.82) is 0 Å². The third kappa shape index (κ3) is 15.8. The van der Waals surface area contributed by atoms with Crippen LogP contribution < -0.4 is 11.1 Å². The number of rotatable bonds is 3. The van der Waals surface area contributed by atoms with Gasteiger partial charge in [-0.2, -0.15) is 0 Å². The summed E-state index contributed by atoms with van der Waals surface area (Å²) in [5, 5.41) is 10.1. The van der Waals surface area contributed by atoms with Gasteiger partial charge in [0.15, 0.2) is 0 Å². The summed E-state index contributed by atoms with van der Waals surface area (Å²) in [5.41, 5.74) is 4.53. The summed E-state index contributed by atoms with van der Waals surface area (Å²) in [6.07, 6.45) is 2.15. The summed E-state index contributed by atoms with van der Waals surface area (Å²) in [6.45, 7) is 5.91. The van der Waals surface area contributed by atoms with Crippen molar-refractivity contribution in [3.63, 3.8) is 0 Å². The highest BCUT2D eigenvalue weighted by Crippen LogP contribution is 1.59. The fourth-order valence-corrected chi connectivity index (χ4v) is 0.150. The van der Waals surface area contributed by atoms with E-state index in [1.807, 2.05) is 0 Å². The van der Waals surface area contributed by atoms with E-state index in [9.17, 15) is 9.59 Å². The van der Waals surface area contributed by atoms with Gasteiger partial charge in [0, 0.05) is 0 Å². The summed E-state index contributed by atoms with van der Waals surface area (Å²) in [6, 6.07) is 0. The third-order valence-corrected chi connectivity index (χ3v) is 0.640. The van der Waals surface area contributed by atoms with E-state index in [1.165, 1.54) is 0 Å². The van der Waals surface area contributed by atoms with Gasteiger partial charge < -0.3 is 16.2 Å². The Balaban J connectivity index is 0. The molecule has 0 saturated carbocycles. The first-order chi connectivity index (χ1) is 5.58. The zero-order valence-corrected chi connectivity index (χ0v) is 6.62. The van der Waals surface area contributed by atoms with Gasteiger partial charge in [0.05, 0.1) is 0 Å². The molecule has 0 rings (SSSR count). The van der Waals surface area contributed by atoms with Crippen LogP contribution in [-0.4, -0.2) is 23.7 Å². The Kier molecular flexibility index (Phi) is 10.2. The number of primary amides is 1. The van der Waals surface area contributed by atoms with Gasteiger partial charge in [-0.05, 0) is 12.2 Å². The van der Waals surface area contributed by atoms with Gasteiger partial charge in [0.25, 0.3) is 0 Å². The molecule has 0 aromatic carbocycles. The first-order valence-corrected chi connectivity index (χ1v) is 3.01. The van der Waals surface area contributed by atoms with E-state index in [2.05, 4.69) is 24.2 Å². The summed E-state index contributed by atoms with van der Waals surface area (Å²) in [7, 11) is 0. The Bertz CT molecular complexity index is 177. The van der Waals surface area contributed by atoms with E-state index in [0.29, 0.717) is 0 Å². The van der Waals surface area contributed by atoms with Crippen molar-refractivity contribution in [3.05, 3.63) is 25.3 Å². The molecule has 0 spiro atoms. The van der Waals surface area contributed by atoms with E-state index in [4.69, 9.17) is 5.11 Å². The first-order valence-electron chi connectivity index (χ1n) is 3.01. The van der Waals surface area contributed by atoms with Crippen LogP contribution in [0.5, 0.6) is 0 Å². The fraction of sp³-hybridized carbons (Fsp3) is 0.143. The maximum atomic E-state index is 10.0. The molecule has 0 radical (unpaired) electrons. The van der Waals surface area contributed by atoms with E-state index in [1.54, 1.807) is 0 Å². The monoisotopic (exact) mass is 172 g/mol. The molecule has 0 unspecified atom stereocenters. The molecule has 12 heavy (non-hydrogen) atoms. The maximum absolute atomic E-state index is 10.0. The summed E-state index contributed by atoms with van der Waals surface area (Å²) >= 11 is 0. The molecule has 0 aliphatic heterocycles. The van der Waals surface area contributed by atoms with Crippen molar-refractivity contribution in [2.75, 3.05) is 6.73 Å². The number of nitrogens with two attached hydrogens (primary N) is 1. The lowest BCUT2D eigenvalue weighted by Crippen LogP contribution is -2.20. The summed E-state index contributed by atoms with van der Waals surface area (Å²) < 4.78 is 0.